The highest BCUT2D eigenvalue weighted by Crippen LogP contribution is 2.44. The number of hydrogen-bond donors (Lipinski definition) is 0. The number of imide groups is 1. The van der Waals surface area contributed by atoms with E-state index in [0.717, 1.165) is 11.1 Å². The van der Waals surface area contributed by atoms with Crippen molar-refractivity contribution in [2.75, 3.05) is 0 Å². The van der Waals surface area contributed by atoms with Crippen molar-refractivity contribution in [1.29, 1.82) is 0 Å². The maximum Gasteiger partial charge on any atom is 0.328 e. The molecular weight excluding hydrogens is 336 g/mol. The zero-order valence-corrected chi connectivity index (χ0v) is 16.2. The van der Waals surface area contributed by atoms with Crippen molar-refractivity contribution in [1.82, 2.24) is 9.80 Å². The van der Waals surface area contributed by atoms with E-state index in [-0.39, 0.29) is 11.9 Å². The molecule has 1 atom stereocenters. The second kappa shape index (κ2) is 7.03. The molecule has 1 heterocycles. The monoisotopic (exact) mass is 362 g/mol. The van der Waals surface area contributed by atoms with Crippen LogP contribution in [-0.2, 0) is 16.9 Å². The number of urea groups is 1. The first kappa shape index (κ1) is 18.9. The van der Waals surface area contributed by atoms with Crippen molar-refractivity contribution in [3.8, 4) is 0 Å². The van der Waals surface area contributed by atoms with E-state index in [1.807, 2.05) is 81.4 Å². The van der Waals surface area contributed by atoms with Gasteiger partial charge in [0.15, 0.2) is 5.54 Å². The summed E-state index contributed by atoms with van der Waals surface area (Å²) in [6, 6.07) is 19.1. The number of rotatable bonds is 5. The lowest BCUT2D eigenvalue weighted by molar-refractivity contribution is -0.136. The highest BCUT2D eigenvalue weighted by atomic mass is 16.2. The second-order valence-electron chi connectivity index (χ2n) is 7.88. The van der Waals surface area contributed by atoms with Gasteiger partial charge >= 0.3 is 6.03 Å². The first-order chi connectivity index (χ1) is 12.8. The molecule has 0 saturated carbocycles. The van der Waals surface area contributed by atoms with E-state index in [4.69, 9.17) is 0 Å². The predicted molar refractivity (Wildman–Crippen MR) is 107 cm³/mol. The number of carbonyl (C=O) groups excluding carboxylic acids is 2. The number of amides is 3. The Labute approximate surface area is 161 Å². The number of nitrogens with zero attached hydrogens (tertiary/aromatic N) is 2. The minimum absolute atomic E-state index is 0.193. The van der Waals surface area contributed by atoms with Gasteiger partial charge in [-0.05, 0) is 31.9 Å². The lowest BCUT2D eigenvalue weighted by Gasteiger charge is -2.35. The Bertz CT molecular complexity index is 840. The molecule has 3 rings (SSSR count). The van der Waals surface area contributed by atoms with Gasteiger partial charge in [-0.15, -0.1) is 6.58 Å². The van der Waals surface area contributed by atoms with E-state index in [1.165, 1.54) is 4.90 Å². The van der Waals surface area contributed by atoms with Gasteiger partial charge in [-0.1, -0.05) is 66.7 Å². The maximum atomic E-state index is 13.7. The Kier molecular flexibility index (Phi) is 4.92. The number of carbonyl (C=O) groups is 2. The van der Waals surface area contributed by atoms with Crippen molar-refractivity contribution in [3.63, 3.8) is 0 Å². The summed E-state index contributed by atoms with van der Waals surface area (Å²) in [5, 5.41) is 0. The molecule has 2 aromatic carbocycles. The fourth-order valence-corrected chi connectivity index (χ4v) is 3.75. The van der Waals surface area contributed by atoms with Crippen molar-refractivity contribution in [2.24, 2.45) is 0 Å². The second-order valence-corrected chi connectivity index (χ2v) is 7.88. The summed E-state index contributed by atoms with van der Waals surface area (Å²) in [6.45, 7) is 9.90. The van der Waals surface area contributed by atoms with Crippen LogP contribution in [-0.4, -0.2) is 27.3 Å². The third-order valence-electron chi connectivity index (χ3n) is 4.99. The van der Waals surface area contributed by atoms with Crippen molar-refractivity contribution >= 4 is 11.9 Å². The molecule has 1 aliphatic rings. The third kappa shape index (κ3) is 3.16. The summed E-state index contributed by atoms with van der Waals surface area (Å²) < 4.78 is 0. The molecule has 1 unspecified atom stereocenters. The Morgan fingerprint density at radius 3 is 2.04 bits per heavy atom. The summed E-state index contributed by atoms with van der Waals surface area (Å²) in [4.78, 5) is 30.2. The molecule has 3 amide bonds. The summed E-state index contributed by atoms with van der Waals surface area (Å²) in [5.74, 6) is -0.193. The van der Waals surface area contributed by atoms with Crippen LogP contribution in [0.2, 0.25) is 0 Å². The van der Waals surface area contributed by atoms with Crippen LogP contribution in [0.1, 0.15) is 38.3 Å². The van der Waals surface area contributed by atoms with Crippen molar-refractivity contribution in [3.05, 3.63) is 84.4 Å². The Balaban J connectivity index is 2.19. The predicted octanol–water partition coefficient (Wildman–Crippen LogP) is 4.72. The van der Waals surface area contributed by atoms with E-state index in [9.17, 15) is 9.59 Å². The lowest BCUT2D eigenvalue weighted by Crippen LogP contribution is -2.48. The van der Waals surface area contributed by atoms with E-state index in [0.29, 0.717) is 13.0 Å². The van der Waals surface area contributed by atoms with E-state index >= 15 is 0 Å². The van der Waals surface area contributed by atoms with Gasteiger partial charge in [0.25, 0.3) is 5.91 Å². The van der Waals surface area contributed by atoms with Gasteiger partial charge < -0.3 is 4.90 Å². The highest BCUT2D eigenvalue weighted by Gasteiger charge is 2.59. The molecule has 0 aromatic heterocycles. The molecule has 4 heteroatoms. The van der Waals surface area contributed by atoms with Gasteiger partial charge in [-0.3, -0.25) is 9.69 Å². The molecule has 1 fully saturated rings. The molecule has 0 radical (unpaired) electrons. The molecule has 0 aliphatic carbocycles. The lowest BCUT2D eigenvalue weighted by atomic mass is 9.84. The largest absolute Gasteiger partial charge is 0.328 e. The first-order valence-corrected chi connectivity index (χ1v) is 9.19. The first-order valence-electron chi connectivity index (χ1n) is 9.19. The molecular formula is C23H26N2O2. The van der Waals surface area contributed by atoms with Crippen LogP contribution in [0, 0.1) is 0 Å². The average Bonchev–Trinajstić information content (AvgIpc) is 2.85. The van der Waals surface area contributed by atoms with E-state index in [2.05, 4.69) is 6.58 Å². The summed E-state index contributed by atoms with van der Waals surface area (Å²) in [5.41, 5.74) is 0.106. The average molecular weight is 362 g/mol. The molecule has 140 valence electrons. The van der Waals surface area contributed by atoms with Gasteiger partial charge in [0, 0.05) is 18.5 Å². The van der Waals surface area contributed by atoms with Gasteiger partial charge in [0.2, 0.25) is 0 Å². The fraction of sp³-hybridized carbons (Fsp3) is 0.304. The molecule has 4 nitrogen and oxygen atoms in total. The fourth-order valence-electron chi connectivity index (χ4n) is 3.75. The minimum Gasteiger partial charge on any atom is -0.301 e. The van der Waals surface area contributed by atoms with Gasteiger partial charge in [-0.2, -0.15) is 0 Å². The van der Waals surface area contributed by atoms with Gasteiger partial charge in [0.05, 0.1) is 0 Å². The topological polar surface area (TPSA) is 40.6 Å². The Hall–Kier alpha value is -2.88. The molecule has 1 saturated heterocycles. The smallest absolute Gasteiger partial charge is 0.301 e. The van der Waals surface area contributed by atoms with Crippen LogP contribution in [0.15, 0.2) is 73.3 Å². The van der Waals surface area contributed by atoms with Crippen LogP contribution < -0.4 is 0 Å². The normalized spacial score (nSPS) is 20.3. The Morgan fingerprint density at radius 1 is 0.963 bits per heavy atom. The molecule has 0 N–H and O–H groups in total. The number of benzene rings is 2. The third-order valence-corrected chi connectivity index (χ3v) is 4.99. The Morgan fingerprint density at radius 2 is 1.52 bits per heavy atom. The molecule has 0 bridgehead atoms. The van der Waals surface area contributed by atoms with E-state index in [1.54, 1.807) is 11.0 Å². The maximum absolute atomic E-state index is 13.7. The molecule has 0 spiro atoms. The summed E-state index contributed by atoms with van der Waals surface area (Å²) in [7, 11) is 0. The zero-order valence-electron chi connectivity index (χ0n) is 16.2. The van der Waals surface area contributed by atoms with Crippen LogP contribution in [0.3, 0.4) is 0 Å². The summed E-state index contributed by atoms with van der Waals surface area (Å²) in [6.07, 6.45) is 2.09. The standard InChI is InChI=1S/C23H26N2O2/c1-5-16-23(19-14-10-7-11-15-19)20(26)25(22(2,3)4)21(27)24(23)17-18-12-8-6-9-13-18/h5-15H,1,16-17H2,2-4H3. The van der Waals surface area contributed by atoms with Crippen LogP contribution in [0.4, 0.5) is 4.79 Å². The van der Waals surface area contributed by atoms with Crippen LogP contribution in [0.5, 0.6) is 0 Å². The van der Waals surface area contributed by atoms with Crippen molar-refractivity contribution < 1.29 is 9.59 Å². The summed E-state index contributed by atoms with van der Waals surface area (Å²) >= 11 is 0. The van der Waals surface area contributed by atoms with E-state index < -0.39 is 11.1 Å². The molecule has 2 aromatic rings. The number of hydrogen-bond acceptors (Lipinski definition) is 2. The molecule has 1 aliphatic heterocycles. The highest BCUT2D eigenvalue weighted by molar-refractivity contribution is 6.08. The van der Waals surface area contributed by atoms with Gasteiger partial charge in [0.1, 0.15) is 0 Å². The zero-order chi connectivity index (χ0) is 19.7. The van der Waals surface area contributed by atoms with Crippen LogP contribution in [0.25, 0.3) is 0 Å². The van der Waals surface area contributed by atoms with Crippen LogP contribution >= 0.6 is 0 Å². The van der Waals surface area contributed by atoms with Gasteiger partial charge in [-0.25, -0.2) is 4.79 Å². The van der Waals surface area contributed by atoms with Crippen molar-refractivity contribution in [2.45, 2.75) is 44.8 Å². The quantitative estimate of drug-likeness (QED) is 0.570. The SMILES string of the molecule is C=CCC1(c2ccccc2)C(=O)N(C(C)(C)C)C(=O)N1Cc1ccccc1. The minimum atomic E-state index is -1.08. The molecule has 27 heavy (non-hydrogen) atoms.